The van der Waals surface area contributed by atoms with Crippen molar-refractivity contribution in [2.45, 2.75) is 26.8 Å². The molecule has 0 saturated heterocycles. The third-order valence-corrected chi connectivity index (χ3v) is 3.41. The van der Waals surface area contributed by atoms with Crippen LogP contribution < -0.4 is 11.1 Å². The van der Waals surface area contributed by atoms with Gasteiger partial charge in [0.15, 0.2) is 0 Å². The van der Waals surface area contributed by atoms with Crippen LogP contribution >= 0.6 is 27.5 Å². The van der Waals surface area contributed by atoms with Crippen molar-refractivity contribution in [3.63, 3.8) is 0 Å². The highest BCUT2D eigenvalue weighted by atomic mass is 79.9. The van der Waals surface area contributed by atoms with E-state index in [4.69, 9.17) is 17.3 Å². The molecular formula is C11H15BrClN3O. The van der Waals surface area contributed by atoms with Gasteiger partial charge >= 0.3 is 0 Å². The molecule has 0 saturated carbocycles. The molecule has 0 aliphatic carbocycles. The molecule has 1 heterocycles. The van der Waals surface area contributed by atoms with Crippen LogP contribution in [-0.4, -0.2) is 16.9 Å². The molecule has 0 bridgehead atoms. The third kappa shape index (κ3) is 3.94. The van der Waals surface area contributed by atoms with Crippen LogP contribution in [0.4, 0.5) is 5.69 Å². The van der Waals surface area contributed by atoms with Crippen molar-refractivity contribution in [2.24, 2.45) is 11.1 Å². The summed E-state index contributed by atoms with van der Waals surface area (Å²) in [5.41, 5.74) is 6.11. The van der Waals surface area contributed by atoms with E-state index in [-0.39, 0.29) is 11.3 Å². The normalized spacial score (nSPS) is 13.3. The lowest BCUT2D eigenvalue weighted by molar-refractivity contribution is -0.119. The average Bonchev–Trinajstić information content (AvgIpc) is 2.21. The number of hydrogen-bond acceptors (Lipinski definition) is 3. The quantitative estimate of drug-likeness (QED) is 0.823. The number of nitrogens with zero attached hydrogens (tertiary/aromatic N) is 1. The van der Waals surface area contributed by atoms with Crippen LogP contribution in [0.15, 0.2) is 16.7 Å². The summed E-state index contributed by atoms with van der Waals surface area (Å²) in [6.07, 6.45) is 1.49. The summed E-state index contributed by atoms with van der Waals surface area (Å²) in [6.45, 7) is 5.73. The molecule has 4 nitrogen and oxygen atoms in total. The molecule has 0 aromatic carbocycles. The number of rotatable bonds is 2. The standard InChI is InChI=1S/C11H15BrClN3O/c1-11(2,3)8(14)10(17)16-6-4-7(12)9(13)15-5-6/h4-5,8H,14H2,1-3H3,(H,16,17)/t8-/m1/s1. The molecule has 6 heteroatoms. The highest BCUT2D eigenvalue weighted by Crippen LogP contribution is 2.24. The maximum Gasteiger partial charge on any atom is 0.241 e. The number of aromatic nitrogens is 1. The Hall–Kier alpha value is -0.650. The molecule has 1 aromatic rings. The number of carbonyl (C=O) groups is 1. The molecule has 1 aromatic heterocycles. The maximum absolute atomic E-state index is 11.8. The molecule has 0 radical (unpaired) electrons. The molecule has 94 valence electrons. The molecule has 3 N–H and O–H groups in total. The Labute approximate surface area is 114 Å². The van der Waals surface area contributed by atoms with Crippen molar-refractivity contribution in [1.82, 2.24) is 4.98 Å². The van der Waals surface area contributed by atoms with E-state index in [1.807, 2.05) is 20.8 Å². The van der Waals surface area contributed by atoms with Crippen molar-refractivity contribution in [3.8, 4) is 0 Å². The largest absolute Gasteiger partial charge is 0.323 e. The smallest absolute Gasteiger partial charge is 0.241 e. The molecule has 0 aliphatic rings. The van der Waals surface area contributed by atoms with Crippen molar-refractivity contribution in [3.05, 3.63) is 21.9 Å². The first-order valence-corrected chi connectivity index (χ1v) is 6.26. The number of nitrogens with two attached hydrogens (primary N) is 1. The topological polar surface area (TPSA) is 68.0 Å². The molecule has 1 amide bonds. The van der Waals surface area contributed by atoms with Gasteiger partial charge in [-0.05, 0) is 27.4 Å². The summed E-state index contributed by atoms with van der Waals surface area (Å²) in [5.74, 6) is -0.242. The maximum atomic E-state index is 11.8. The van der Waals surface area contributed by atoms with Gasteiger partial charge in [-0.1, -0.05) is 32.4 Å². The van der Waals surface area contributed by atoms with E-state index in [1.54, 1.807) is 6.07 Å². The monoisotopic (exact) mass is 319 g/mol. The minimum Gasteiger partial charge on any atom is -0.323 e. The Morgan fingerprint density at radius 3 is 2.65 bits per heavy atom. The Morgan fingerprint density at radius 2 is 2.18 bits per heavy atom. The SMILES string of the molecule is CC(C)(C)[C@H](N)C(=O)Nc1cnc(Cl)c(Br)c1. The van der Waals surface area contributed by atoms with E-state index in [0.717, 1.165) is 0 Å². The van der Waals surface area contributed by atoms with Gasteiger partial charge in [-0.3, -0.25) is 4.79 Å². The van der Waals surface area contributed by atoms with Crippen LogP contribution in [-0.2, 0) is 4.79 Å². The van der Waals surface area contributed by atoms with Gasteiger partial charge in [-0.15, -0.1) is 0 Å². The summed E-state index contributed by atoms with van der Waals surface area (Å²) in [5, 5.41) is 3.05. The van der Waals surface area contributed by atoms with Crippen LogP contribution in [0.1, 0.15) is 20.8 Å². The average molecular weight is 321 g/mol. The van der Waals surface area contributed by atoms with Gasteiger partial charge in [-0.25, -0.2) is 4.98 Å². The molecule has 17 heavy (non-hydrogen) atoms. The first-order valence-electron chi connectivity index (χ1n) is 5.09. The Balaban J connectivity index is 2.78. The van der Waals surface area contributed by atoms with Gasteiger partial charge in [0.2, 0.25) is 5.91 Å². The highest BCUT2D eigenvalue weighted by Gasteiger charge is 2.27. The van der Waals surface area contributed by atoms with Crippen molar-refractivity contribution in [1.29, 1.82) is 0 Å². The van der Waals surface area contributed by atoms with Crippen molar-refractivity contribution >= 4 is 39.1 Å². The lowest BCUT2D eigenvalue weighted by Gasteiger charge is -2.25. The van der Waals surface area contributed by atoms with Gasteiger partial charge in [0.05, 0.1) is 22.4 Å². The summed E-state index contributed by atoms with van der Waals surface area (Å²) in [7, 11) is 0. The van der Waals surface area contributed by atoms with Crippen LogP contribution in [0.3, 0.4) is 0 Å². The Morgan fingerprint density at radius 1 is 1.59 bits per heavy atom. The Bertz CT molecular complexity index is 431. The highest BCUT2D eigenvalue weighted by molar-refractivity contribution is 9.10. The van der Waals surface area contributed by atoms with E-state index in [9.17, 15) is 4.79 Å². The predicted octanol–water partition coefficient (Wildman–Crippen LogP) is 2.81. The summed E-state index contributed by atoms with van der Waals surface area (Å²) in [6, 6.07) is 1.10. The van der Waals surface area contributed by atoms with Gasteiger partial charge < -0.3 is 11.1 Å². The molecule has 0 unspecified atom stereocenters. The second kappa shape index (κ2) is 5.33. The number of pyridine rings is 1. The second-order valence-electron chi connectivity index (χ2n) is 4.83. The fourth-order valence-electron chi connectivity index (χ4n) is 1.10. The third-order valence-electron chi connectivity index (χ3n) is 2.28. The molecular weight excluding hydrogens is 305 g/mol. The lowest BCUT2D eigenvalue weighted by atomic mass is 9.87. The number of halogens is 2. The number of amides is 1. The van der Waals surface area contributed by atoms with Crippen molar-refractivity contribution < 1.29 is 4.79 Å². The van der Waals surface area contributed by atoms with Gasteiger partial charge in [0.1, 0.15) is 5.15 Å². The number of carbonyl (C=O) groups excluding carboxylic acids is 1. The van der Waals surface area contributed by atoms with Gasteiger partial charge in [-0.2, -0.15) is 0 Å². The first kappa shape index (κ1) is 14.4. The van der Waals surface area contributed by atoms with Crippen LogP contribution in [0.25, 0.3) is 0 Å². The fourth-order valence-corrected chi connectivity index (χ4v) is 1.56. The van der Waals surface area contributed by atoms with E-state index in [0.29, 0.717) is 15.3 Å². The number of hydrogen-bond donors (Lipinski definition) is 2. The minimum atomic E-state index is -0.586. The molecule has 0 aliphatic heterocycles. The van der Waals surface area contributed by atoms with Crippen LogP contribution in [0, 0.1) is 5.41 Å². The summed E-state index contributed by atoms with van der Waals surface area (Å²) >= 11 is 8.99. The zero-order chi connectivity index (χ0) is 13.2. The molecule has 1 atom stereocenters. The fraction of sp³-hybridized carbons (Fsp3) is 0.455. The van der Waals surface area contributed by atoms with E-state index in [1.165, 1.54) is 6.20 Å². The van der Waals surface area contributed by atoms with Crippen LogP contribution in [0.5, 0.6) is 0 Å². The number of nitrogens with one attached hydrogen (secondary N) is 1. The summed E-state index contributed by atoms with van der Waals surface area (Å²) < 4.78 is 0.626. The zero-order valence-corrected chi connectivity index (χ0v) is 12.3. The van der Waals surface area contributed by atoms with Crippen LogP contribution in [0.2, 0.25) is 5.15 Å². The van der Waals surface area contributed by atoms with Gasteiger partial charge in [0.25, 0.3) is 0 Å². The molecule has 0 fully saturated rings. The molecule has 0 spiro atoms. The zero-order valence-electron chi connectivity index (χ0n) is 9.92. The van der Waals surface area contributed by atoms with E-state index >= 15 is 0 Å². The van der Waals surface area contributed by atoms with Gasteiger partial charge in [0, 0.05) is 0 Å². The lowest BCUT2D eigenvalue weighted by Crippen LogP contribution is -2.45. The Kier molecular flexibility index (Phi) is 4.52. The van der Waals surface area contributed by atoms with E-state index < -0.39 is 6.04 Å². The first-order chi connectivity index (χ1) is 7.71. The molecule has 1 rings (SSSR count). The number of anilines is 1. The minimum absolute atomic E-state index is 0.242. The van der Waals surface area contributed by atoms with Crippen molar-refractivity contribution in [2.75, 3.05) is 5.32 Å². The van der Waals surface area contributed by atoms with E-state index in [2.05, 4.69) is 26.2 Å². The second-order valence-corrected chi connectivity index (χ2v) is 6.04. The predicted molar refractivity (Wildman–Crippen MR) is 73.0 cm³/mol. The summed E-state index contributed by atoms with van der Waals surface area (Å²) in [4.78, 5) is 15.8.